The van der Waals surface area contributed by atoms with E-state index in [9.17, 15) is 31.1 Å². The van der Waals surface area contributed by atoms with Crippen molar-refractivity contribution in [3.05, 3.63) is 58.9 Å². The first-order valence-electron chi connectivity index (χ1n) is 9.97. The van der Waals surface area contributed by atoms with Crippen LogP contribution in [0.1, 0.15) is 29.9 Å². The number of likely N-dealkylation sites (tertiary alicyclic amines) is 1. The van der Waals surface area contributed by atoms with Crippen molar-refractivity contribution in [3.8, 4) is 0 Å². The molecule has 12 heteroatoms. The van der Waals surface area contributed by atoms with Gasteiger partial charge in [0.05, 0.1) is 17.4 Å². The van der Waals surface area contributed by atoms with Crippen LogP contribution >= 0.6 is 11.6 Å². The van der Waals surface area contributed by atoms with Gasteiger partial charge < -0.3 is 4.74 Å². The van der Waals surface area contributed by atoms with E-state index in [1.165, 1.54) is 29.2 Å². The Morgan fingerprint density at radius 2 is 1.97 bits per heavy atom. The number of hydrogen-bond acceptors (Lipinski definition) is 4. The van der Waals surface area contributed by atoms with Crippen molar-refractivity contribution >= 4 is 23.4 Å². The van der Waals surface area contributed by atoms with E-state index in [-0.39, 0.29) is 23.3 Å². The second-order valence-corrected chi connectivity index (χ2v) is 8.04. The highest BCUT2D eigenvalue weighted by Crippen LogP contribution is 2.34. The fourth-order valence-corrected chi connectivity index (χ4v) is 3.74. The van der Waals surface area contributed by atoms with Crippen LogP contribution in [0.2, 0.25) is 5.15 Å². The number of nitrogens with one attached hydrogen (secondary N) is 1. The number of amides is 1. The lowest BCUT2D eigenvalue weighted by Gasteiger charge is -2.35. The highest BCUT2D eigenvalue weighted by molar-refractivity contribution is 6.29. The number of carbonyl (C=O) groups excluding carboxylic acids is 1. The lowest BCUT2D eigenvalue weighted by molar-refractivity contribution is -0.207. The number of ether oxygens (including phenoxy) is 1. The molecule has 1 aliphatic rings. The van der Waals surface area contributed by atoms with E-state index in [1.54, 1.807) is 0 Å². The summed E-state index contributed by atoms with van der Waals surface area (Å²) in [7, 11) is 0. The Balaban J connectivity index is 1.65. The van der Waals surface area contributed by atoms with E-state index in [4.69, 9.17) is 11.6 Å². The molecule has 1 aromatic heterocycles. The van der Waals surface area contributed by atoms with Gasteiger partial charge >= 0.3 is 18.4 Å². The van der Waals surface area contributed by atoms with Gasteiger partial charge in [-0.15, -0.1) is 0 Å². The van der Waals surface area contributed by atoms with Gasteiger partial charge in [0.25, 0.3) is 0 Å². The molecule has 180 valence electrons. The standard InChI is InChI=1S/C21H20ClF6N3O2/c22-18-7-6-16(10-29-18)30-19(32)33-17(21(26,27)28)12-31-8-2-4-14(11-31)13-3-1-5-15(9-13)20(23,24)25/h1,3,5-7,9-10,14,17H,2,4,8,11-12H2,(H,30,32)/t14-,17?/m1/s1. The maximum absolute atomic E-state index is 13.5. The van der Waals surface area contributed by atoms with Crippen molar-refractivity contribution < 1.29 is 35.9 Å². The number of halogens is 7. The van der Waals surface area contributed by atoms with Crippen molar-refractivity contribution in [3.63, 3.8) is 0 Å². The molecule has 3 rings (SSSR count). The lowest BCUT2D eigenvalue weighted by atomic mass is 9.89. The lowest BCUT2D eigenvalue weighted by Crippen LogP contribution is -2.47. The molecule has 0 radical (unpaired) electrons. The highest BCUT2D eigenvalue weighted by Gasteiger charge is 2.44. The summed E-state index contributed by atoms with van der Waals surface area (Å²) >= 11 is 5.62. The third kappa shape index (κ3) is 7.23. The van der Waals surface area contributed by atoms with Gasteiger partial charge in [0, 0.05) is 13.1 Å². The van der Waals surface area contributed by atoms with Crippen LogP contribution in [0, 0.1) is 0 Å². The van der Waals surface area contributed by atoms with E-state index < -0.39 is 36.7 Å². The fraction of sp³-hybridized carbons (Fsp3) is 0.429. The zero-order valence-electron chi connectivity index (χ0n) is 17.1. The van der Waals surface area contributed by atoms with Crippen molar-refractivity contribution in [2.45, 2.75) is 37.2 Å². The number of nitrogens with zero attached hydrogens (tertiary/aromatic N) is 2. The minimum atomic E-state index is -4.83. The molecule has 1 saturated heterocycles. The number of aromatic nitrogens is 1. The van der Waals surface area contributed by atoms with Gasteiger partial charge in [-0.25, -0.2) is 9.78 Å². The zero-order valence-corrected chi connectivity index (χ0v) is 17.8. The third-order valence-corrected chi connectivity index (χ3v) is 5.43. The first-order chi connectivity index (χ1) is 15.4. The summed E-state index contributed by atoms with van der Waals surface area (Å²) in [6.45, 7) is -0.223. The zero-order chi connectivity index (χ0) is 24.2. The van der Waals surface area contributed by atoms with E-state index in [0.29, 0.717) is 24.9 Å². The van der Waals surface area contributed by atoms with Crippen LogP contribution in [0.25, 0.3) is 0 Å². The number of pyridine rings is 1. The largest absolute Gasteiger partial charge is 0.435 e. The molecule has 2 aromatic rings. The molecule has 0 aliphatic carbocycles. The van der Waals surface area contributed by atoms with Gasteiger partial charge in [0.1, 0.15) is 5.15 Å². The minimum Gasteiger partial charge on any atom is -0.435 e. The molecule has 0 bridgehead atoms. The van der Waals surface area contributed by atoms with Crippen molar-refractivity contribution in [2.24, 2.45) is 0 Å². The van der Waals surface area contributed by atoms with Crippen LogP contribution in [-0.4, -0.2) is 47.9 Å². The molecule has 0 saturated carbocycles. The van der Waals surface area contributed by atoms with Crippen LogP contribution in [-0.2, 0) is 10.9 Å². The second-order valence-electron chi connectivity index (χ2n) is 7.65. The molecule has 2 heterocycles. The maximum Gasteiger partial charge on any atom is 0.426 e. The first-order valence-corrected chi connectivity index (χ1v) is 10.3. The Morgan fingerprint density at radius 1 is 1.21 bits per heavy atom. The van der Waals surface area contributed by atoms with Crippen molar-refractivity contribution in [2.75, 3.05) is 25.0 Å². The smallest absolute Gasteiger partial charge is 0.426 e. The van der Waals surface area contributed by atoms with Crippen molar-refractivity contribution in [1.82, 2.24) is 9.88 Å². The molecule has 1 N–H and O–H groups in total. The fourth-order valence-electron chi connectivity index (χ4n) is 3.63. The number of alkyl halides is 6. The van der Waals surface area contributed by atoms with Gasteiger partial charge in [-0.3, -0.25) is 10.2 Å². The monoisotopic (exact) mass is 495 g/mol. The van der Waals surface area contributed by atoms with Gasteiger partial charge in [-0.1, -0.05) is 29.8 Å². The number of rotatable bonds is 5. The van der Waals surface area contributed by atoms with E-state index >= 15 is 0 Å². The Kier molecular flexibility index (Phi) is 7.73. The quantitative estimate of drug-likeness (QED) is 0.401. The second kappa shape index (κ2) is 10.2. The van der Waals surface area contributed by atoms with Crippen molar-refractivity contribution in [1.29, 1.82) is 0 Å². The molecule has 0 spiro atoms. The molecule has 1 fully saturated rings. The summed E-state index contributed by atoms with van der Waals surface area (Å²) < 4.78 is 84.3. The van der Waals surface area contributed by atoms with E-state index in [0.717, 1.165) is 18.3 Å². The van der Waals surface area contributed by atoms with E-state index in [1.807, 2.05) is 0 Å². The Labute approximate surface area is 190 Å². The summed E-state index contributed by atoms with van der Waals surface area (Å²) in [5.74, 6) is -0.371. The highest BCUT2D eigenvalue weighted by atomic mass is 35.5. The Bertz CT molecular complexity index is 952. The SMILES string of the molecule is O=C(Nc1ccc(Cl)nc1)OC(CN1CCC[C@@H](c2cccc(C(F)(F)F)c2)C1)C(F)(F)F. The molecule has 1 amide bonds. The molecule has 5 nitrogen and oxygen atoms in total. The van der Waals surface area contributed by atoms with Gasteiger partial charge in [0.15, 0.2) is 0 Å². The first kappa shape index (κ1) is 25.1. The summed E-state index contributed by atoms with van der Waals surface area (Å²) in [4.78, 5) is 17.1. The van der Waals surface area contributed by atoms with Crippen LogP contribution in [0.4, 0.5) is 36.8 Å². The maximum atomic E-state index is 13.5. The molecular weight excluding hydrogens is 476 g/mol. The molecule has 1 aliphatic heterocycles. The predicted octanol–water partition coefficient (Wildman–Crippen LogP) is 6.11. The van der Waals surface area contributed by atoms with Crippen LogP contribution in [0.15, 0.2) is 42.6 Å². The van der Waals surface area contributed by atoms with Crippen LogP contribution < -0.4 is 5.32 Å². The van der Waals surface area contributed by atoms with Gasteiger partial charge in [-0.05, 0) is 49.1 Å². The van der Waals surface area contributed by atoms with Crippen LogP contribution in [0.3, 0.4) is 0 Å². The molecule has 1 aromatic carbocycles. The summed E-state index contributed by atoms with van der Waals surface area (Å²) in [6.07, 6.45) is -10.9. The predicted molar refractivity (Wildman–Crippen MR) is 109 cm³/mol. The molecule has 2 atom stereocenters. The normalized spacial score (nSPS) is 18.6. The Morgan fingerprint density at radius 3 is 2.61 bits per heavy atom. The van der Waals surface area contributed by atoms with E-state index in [2.05, 4.69) is 15.0 Å². The third-order valence-electron chi connectivity index (χ3n) is 5.20. The average Bonchev–Trinajstić information content (AvgIpc) is 2.74. The molecular formula is C21H20ClF6N3O2. The average molecular weight is 496 g/mol. The number of piperidine rings is 1. The van der Waals surface area contributed by atoms with Gasteiger partial charge in [-0.2, -0.15) is 26.3 Å². The number of benzene rings is 1. The van der Waals surface area contributed by atoms with Gasteiger partial charge in [0.2, 0.25) is 6.10 Å². The minimum absolute atomic E-state index is 0.105. The summed E-state index contributed by atoms with van der Waals surface area (Å²) in [5, 5.41) is 2.30. The van der Waals surface area contributed by atoms with Crippen LogP contribution in [0.5, 0.6) is 0 Å². The number of anilines is 1. The number of carbonyl (C=O) groups is 1. The topological polar surface area (TPSA) is 54.5 Å². The summed E-state index contributed by atoms with van der Waals surface area (Å²) in [6, 6.07) is 7.50. The summed E-state index contributed by atoms with van der Waals surface area (Å²) in [5.41, 5.74) is -0.290. The Hall–Kier alpha value is -2.53. The number of hydrogen-bond donors (Lipinski definition) is 1. The molecule has 1 unspecified atom stereocenters. The molecule has 33 heavy (non-hydrogen) atoms.